The normalized spacial score (nSPS) is 11.6. The SMILES string of the molecule is CC(C)(C)n1cnnc1-c1cc(Br)cc([N+](=O)[O-])c1. The monoisotopic (exact) mass is 324 g/mol. The molecule has 7 heteroatoms. The van der Waals surface area contributed by atoms with Crippen molar-refractivity contribution in [2.24, 2.45) is 0 Å². The molecular weight excluding hydrogens is 312 g/mol. The van der Waals surface area contributed by atoms with Gasteiger partial charge in [-0.1, -0.05) is 15.9 Å². The molecule has 19 heavy (non-hydrogen) atoms. The molecule has 0 atom stereocenters. The first-order chi connectivity index (χ1) is 8.79. The lowest BCUT2D eigenvalue weighted by Gasteiger charge is -2.22. The van der Waals surface area contributed by atoms with E-state index in [-0.39, 0.29) is 11.2 Å². The fourth-order valence-electron chi connectivity index (χ4n) is 1.73. The van der Waals surface area contributed by atoms with Gasteiger partial charge < -0.3 is 4.57 Å². The van der Waals surface area contributed by atoms with E-state index in [0.29, 0.717) is 15.9 Å². The second kappa shape index (κ2) is 4.73. The van der Waals surface area contributed by atoms with Crippen LogP contribution in [0.1, 0.15) is 20.8 Å². The first-order valence-electron chi connectivity index (χ1n) is 5.65. The van der Waals surface area contributed by atoms with Crippen molar-refractivity contribution in [2.75, 3.05) is 0 Å². The Balaban J connectivity index is 2.60. The lowest BCUT2D eigenvalue weighted by molar-refractivity contribution is -0.384. The van der Waals surface area contributed by atoms with Crippen LogP contribution in [0.25, 0.3) is 11.4 Å². The lowest BCUT2D eigenvalue weighted by atomic mass is 10.1. The molecule has 1 aromatic carbocycles. The van der Waals surface area contributed by atoms with Gasteiger partial charge in [-0.05, 0) is 26.8 Å². The molecule has 0 aliphatic carbocycles. The molecule has 0 radical (unpaired) electrons. The molecule has 1 heterocycles. The molecule has 1 aromatic heterocycles. The molecule has 0 aliphatic rings. The third-order valence-corrected chi connectivity index (χ3v) is 3.08. The Morgan fingerprint density at radius 3 is 2.58 bits per heavy atom. The predicted octanol–water partition coefficient (Wildman–Crippen LogP) is 3.37. The van der Waals surface area contributed by atoms with Gasteiger partial charge in [-0.2, -0.15) is 0 Å². The molecule has 0 aliphatic heterocycles. The van der Waals surface area contributed by atoms with Gasteiger partial charge in [0, 0.05) is 27.7 Å². The average molecular weight is 325 g/mol. The number of non-ortho nitro benzene ring substituents is 1. The number of nitro groups is 1. The van der Waals surface area contributed by atoms with Crippen molar-refractivity contribution in [2.45, 2.75) is 26.3 Å². The summed E-state index contributed by atoms with van der Waals surface area (Å²) in [6.45, 7) is 6.06. The molecule has 0 amide bonds. The van der Waals surface area contributed by atoms with Crippen LogP contribution in [0.4, 0.5) is 5.69 Å². The first kappa shape index (κ1) is 13.7. The largest absolute Gasteiger partial charge is 0.308 e. The number of hydrogen-bond donors (Lipinski definition) is 0. The summed E-state index contributed by atoms with van der Waals surface area (Å²) in [7, 11) is 0. The van der Waals surface area contributed by atoms with Crippen LogP contribution in [0.3, 0.4) is 0 Å². The number of nitro benzene ring substituents is 1. The van der Waals surface area contributed by atoms with E-state index in [1.54, 1.807) is 12.4 Å². The summed E-state index contributed by atoms with van der Waals surface area (Å²) in [6, 6.07) is 4.75. The Morgan fingerprint density at radius 2 is 2.00 bits per heavy atom. The molecule has 0 saturated carbocycles. The fraction of sp³-hybridized carbons (Fsp3) is 0.333. The van der Waals surface area contributed by atoms with E-state index in [4.69, 9.17) is 0 Å². The topological polar surface area (TPSA) is 73.8 Å². The number of nitrogens with zero attached hydrogens (tertiary/aromatic N) is 4. The van der Waals surface area contributed by atoms with Crippen LogP contribution in [0.5, 0.6) is 0 Å². The summed E-state index contributed by atoms with van der Waals surface area (Å²) in [5, 5.41) is 18.9. The smallest absolute Gasteiger partial charge is 0.271 e. The maximum Gasteiger partial charge on any atom is 0.271 e. The van der Waals surface area contributed by atoms with E-state index < -0.39 is 4.92 Å². The summed E-state index contributed by atoms with van der Waals surface area (Å²) in [4.78, 5) is 10.5. The number of halogens is 1. The van der Waals surface area contributed by atoms with Crippen LogP contribution in [0, 0.1) is 10.1 Å². The van der Waals surface area contributed by atoms with Crippen LogP contribution in [0.15, 0.2) is 29.0 Å². The molecule has 0 N–H and O–H groups in total. The highest BCUT2D eigenvalue weighted by molar-refractivity contribution is 9.10. The van der Waals surface area contributed by atoms with Crippen molar-refractivity contribution in [1.29, 1.82) is 0 Å². The number of rotatable bonds is 2. The zero-order valence-corrected chi connectivity index (χ0v) is 12.4. The molecule has 0 spiro atoms. The van der Waals surface area contributed by atoms with Gasteiger partial charge in [0.05, 0.1) is 4.92 Å². The number of aromatic nitrogens is 3. The summed E-state index contributed by atoms with van der Waals surface area (Å²) >= 11 is 3.28. The highest BCUT2D eigenvalue weighted by Gasteiger charge is 2.20. The molecule has 0 saturated heterocycles. The minimum atomic E-state index is -0.425. The summed E-state index contributed by atoms with van der Waals surface area (Å²) in [6.07, 6.45) is 1.63. The van der Waals surface area contributed by atoms with E-state index in [1.165, 1.54) is 12.1 Å². The Morgan fingerprint density at radius 1 is 1.32 bits per heavy atom. The zero-order chi connectivity index (χ0) is 14.2. The van der Waals surface area contributed by atoms with E-state index in [9.17, 15) is 10.1 Å². The third-order valence-electron chi connectivity index (χ3n) is 2.62. The average Bonchev–Trinajstić information content (AvgIpc) is 2.76. The maximum atomic E-state index is 10.9. The van der Waals surface area contributed by atoms with Crippen molar-refractivity contribution in [3.63, 3.8) is 0 Å². The Bertz CT molecular complexity index is 631. The second-order valence-electron chi connectivity index (χ2n) is 5.15. The van der Waals surface area contributed by atoms with E-state index in [0.717, 1.165) is 0 Å². The summed E-state index contributed by atoms with van der Waals surface area (Å²) in [5.41, 5.74) is 0.483. The predicted molar refractivity (Wildman–Crippen MR) is 74.8 cm³/mol. The standard InChI is InChI=1S/C12H13BrN4O2/c1-12(2,3)16-7-14-15-11(16)8-4-9(13)6-10(5-8)17(18)19/h4-7H,1-3H3. The van der Waals surface area contributed by atoms with Crippen LogP contribution < -0.4 is 0 Å². The molecule has 2 rings (SSSR count). The molecule has 2 aromatic rings. The molecule has 6 nitrogen and oxygen atoms in total. The van der Waals surface area contributed by atoms with Gasteiger partial charge in [0.1, 0.15) is 6.33 Å². The van der Waals surface area contributed by atoms with E-state index in [1.807, 2.05) is 25.3 Å². The molecule has 0 unspecified atom stereocenters. The lowest BCUT2D eigenvalue weighted by Crippen LogP contribution is -2.21. The maximum absolute atomic E-state index is 10.9. The Labute approximate surface area is 118 Å². The second-order valence-corrected chi connectivity index (χ2v) is 6.07. The first-order valence-corrected chi connectivity index (χ1v) is 6.44. The van der Waals surface area contributed by atoms with Gasteiger partial charge in [-0.3, -0.25) is 10.1 Å². The molecule has 100 valence electrons. The van der Waals surface area contributed by atoms with Crippen molar-refractivity contribution in [3.05, 3.63) is 39.1 Å². The van der Waals surface area contributed by atoms with Gasteiger partial charge in [0.25, 0.3) is 5.69 Å². The molecule has 0 fully saturated rings. The molecule has 0 bridgehead atoms. The van der Waals surface area contributed by atoms with Crippen LogP contribution in [-0.4, -0.2) is 19.7 Å². The minimum absolute atomic E-state index is 0.0211. The van der Waals surface area contributed by atoms with E-state index in [2.05, 4.69) is 26.1 Å². The van der Waals surface area contributed by atoms with Gasteiger partial charge in [-0.15, -0.1) is 10.2 Å². The van der Waals surface area contributed by atoms with Gasteiger partial charge in [0.15, 0.2) is 5.82 Å². The molecular formula is C12H13BrN4O2. The van der Waals surface area contributed by atoms with Crippen LogP contribution in [-0.2, 0) is 5.54 Å². The van der Waals surface area contributed by atoms with Crippen molar-refractivity contribution < 1.29 is 4.92 Å². The van der Waals surface area contributed by atoms with Gasteiger partial charge in [0.2, 0.25) is 0 Å². The number of benzene rings is 1. The summed E-state index contributed by atoms with van der Waals surface area (Å²) < 4.78 is 2.53. The quantitative estimate of drug-likeness (QED) is 0.627. The van der Waals surface area contributed by atoms with Crippen LogP contribution in [0.2, 0.25) is 0 Å². The van der Waals surface area contributed by atoms with Gasteiger partial charge >= 0.3 is 0 Å². The van der Waals surface area contributed by atoms with Crippen molar-refractivity contribution in [3.8, 4) is 11.4 Å². The zero-order valence-electron chi connectivity index (χ0n) is 10.8. The Kier molecular flexibility index (Phi) is 3.40. The number of hydrogen-bond acceptors (Lipinski definition) is 4. The Hall–Kier alpha value is -1.76. The van der Waals surface area contributed by atoms with Gasteiger partial charge in [-0.25, -0.2) is 0 Å². The third kappa shape index (κ3) is 2.81. The van der Waals surface area contributed by atoms with Crippen LogP contribution >= 0.6 is 15.9 Å². The highest BCUT2D eigenvalue weighted by Crippen LogP contribution is 2.29. The minimum Gasteiger partial charge on any atom is -0.308 e. The fourth-order valence-corrected chi connectivity index (χ4v) is 2.21. The van der Waals surface area contributed by atoms with Crippen molar-refractivity contribution >= 4 is 21.6 Å². The van der Waals surface area contributed by atoms with Crippen molar-refractivity contribution in [1.82, 2.24) is 14.8 Å². The summed E-state index contributed by atoms with van der Waals surface area (Å²) in [5.74, 6) is 0.608. The highest BCUT2D eigenvalue weighted by atomic mass is 79.9. The van der Waals surface area contributed by atoms with E-state index >= 15 is 0 Å².